The second-order valence-electron chi connectivity index (χ2n) is 2.38. The van der Waals surface area contributed by atoms with Gasteiger partial charge < -0.3 is 10.5 Å². The zero-order chi connectivity index (χ0) is 8.97. The number of rotatable bonds is 2. The Morgan fingerprint density at radius 2 is 2.50 bits per heavy atom. The molecule has 0 aliphatic carbocycles. The summed E-state index contributed by atoms with van der Waals surface area (Å²) in [7, 11) is 0. The van der Waals surface area contributed by atoms with Gasteiger partial charge in [0.2, 0.25) is 5.88 Å². The predicted molar refractivity (Wildman–Crippen MR) is 47.7 cm³/mol. The van der Waals surface area contributed by atoms with Gasteiger partial charge in [0.15, 0.2) is 6.61 Å². The quantitative estimate of drug-likeness (QED) is 0.659. The average Bonchev–Trinajstić information content (AvgIpc) is 2.03. The van der Waals surface area contributed by atoms with E-state index in [9.17, 15) is 0 Å². The molecule has 62 valence electrons. The summed E-state index contributed by atoms with van der Waals surface area (Å²) in [6, 6.07) is 1.79. The number of anilines is 1. The van der Waals surface area contributed by atoms with E-state index in [0.29, 0.717) is 11.6 Å². The third-order valence-electron chi connectivity index (χ3n) is 1.34. The summed E-state index contributed by atoms with van der Waals surface area (Å²) in [5.41, 5.74) is 7.02. The molecule has 0 aliphatic rings. The van der Waals surface area contributed by atoms with Crippen LogP contribution in [0.5, 0.6) is 5.88 Å². The van der Waals surface area contributed by atoms with E-state index in [1.54, 1.807) is 12.3 Å². The highest BCUT2D eigenvalue weighted by Gasteiger charge is 1.99. The molecule has 1 heterocycles. The van der Waals surface area contributed by atoms with Crippen LogP contribution < -0.4 is 10.5 Å². The minimum atomic E-state index is 0.234. The molecule has 0 bridgehead atoms. The van der Waals surface area contributed by atoms with Gasteiger partial charge in [0, 0.05) is 5.56 Å². The number of nitrogen functional groups attached to an aromatic ring is 1. The van der Waals surface area contributed by atoms with Gasteiger partial charge in [0.25, 0.3) is 0 Å². The number of ether oxygens (including phenoxy) is 1. The molecule has 0 amide bonds. The first-order valence-electron chi connectivity index (χ1n) is 3.52. The molecule has 3 heteroatoms. The van der Waals surface area contributed by atoms with Gasteiger partial charge in [-0.1, -0.05) is 5.92 Å². The fourth-order valence-electron chi connectivity index (χ4n) is 0.845. The first-order valence-corrected chi connectivity index (χ1v) is 3.52. The largest absolute Gasteiger partial charge is 0.464 e. The highest BCUT2D eigenvalue weighted by Crippen LogP contribution is 2.15. The molecule has 0 atom stereocenters. The van der Waals surface area contributed by atoms with Crippen molar-refractivity contribution in [3.8, 4) is 18.2 Å². The van der Waals surface area contributed by atoms with Crippen molar-refractivity contribution in [2.75, 3.05) is 12.3 Å². The van der Waals surface area contributed by atoms with Gasteiger partial charge in [-0.15, -0.1) is 6.42 Å². The second kappa shape index (κ2) is 3.63. The van der Waals surface area contributed by atoms with E-state index in [0.717, 1.165) is 5.56 Å². The molecule has 0 saturated carbocycles. The summed E-state index contributed by atoms with van der Waals surface area (Å²) in [5.74, 6) is 2.91. The van der Waals surface area contributed by atoms with E-state index in [4.69, 9.17) is 16.9 Å². The third-order valence-corrected chi connectivity index (χ3v) is 1.34. The summed E-state index contributed by atoms with van der Waals surface area (Å²) >= 11 is 0. The standard InChI is InChI=1S/C9H10N2O/c1-3-4-12-9-7(2)5-8(10)6-11-9/h1,5-6H,4,10H2,2H3. The molecule has 0 aromatic carbocycles. The zero-order valence-electron chi connectivity index (χ0n) is 6.87. The van der Waals surface area contributed by atoms with Crippen LogP contribution in [0.1, 0.15) is 5.56 Å². The molecule has 0 fully saturated rings. The maximum Gasteiger partial charge on any atom is 0.217 e. The number of nitrogens with two attached hydrogens (primary N) is 1. The predicted octanol–water partition coefficient (Wildman–Crippen LogP) is 0.984. The number of hydrogen-bond acceptors (Lipinski definition) is 3. The fourth-order valence-corrected chi connectivity index (χ4v) is 0.845. The fraction of sp³-hybridized carbons (Fsp3) is 0.222. The van der Waals surface area contributed by atoms with E-state index in [1.165, 1.54) is 0 Å². The van der Waals surface area contributed by atoms with Crippen LogP contribution in [0, 0.1) is 19.3 Å². The minimum Gasteiger partial charge on any atom is -0.464 e. The summed E-state index contributed by atoms with van der Waals surface area (Å²) in [5, 5.41) is 0. The molecule has 0 unspecified atom stereocenters. The molecule has 1 aromatic heterocycles. The first kappa shape index (κ1) is 8.41. The van der Waals surface area contributed by atoms with Crippen LogP contribution >= 0.6 is 0 Å². The van der Waals surface area contributed by atoms with Crippen molar-refractivity contribution in [2.45, 2.75) is 6.92 Å². The summed E-state index contributed by atoms with van der Waals surface area (Å²) in [6.45, 7) is 2.10. The SMILES string of the molecule is C#CCOc1ncc(N)cc1C. The number of pyridine rings is 1. The van der Waals surface area contributed by atoms with E-state index in [-0.39, 0.29) is 6.61 Å². The van der Waals surface area contributed by atoms with Crippen LogP contribution in [0.4, 0.5) is 5.69 Å². The van der Waals surface area contributed by atoms with E-state index >= 15 is 0 Å². The molecule has 0 radical (unpaired) electrons. The van der Waals surface area contributed by atoms with Crippen LogP contribution in [0.2, 0.25) is 0 Å². The monoisotopic (exact) mass is 162 g/mol. The van der Waals surface area contributed by atoms with Crippen molar-refractivity contribution in [1.29, 1.82) is 0 Å². The Labute approximate surface area is 71.6 Å². The van der Waals surface area contributed by atoms with Gasteiger partial charge in [-0.3, -0.25) is 0 Å². The second-order valence-corrected chi connectivity index (χ2v) is 2.38. The van der Waals surface area contributed by atoms with Crippen LogP contribution in [0.3, 0.4) is 0 Å². The Morgan fingerprint density at radius 1 is 1.75 bits per heavy atom. The van der Waals surface area contributed by atoms with Crippen LogP contribution in [0.25, 0.3) is 0 Å². The molecule has 0 aliphatic heterocycles. The normalized spacial score (nSPS) is 9.00. The van der Waals surface area contributed by atoms with E-state index < -0.39 is 0 Å². The van der Waals surface area contributed by atoms with E-state index in [2.05, 4.69) is 10.9 Å². The van der Waals surface area contributed by atoms with Crippen molar-refractivity contribution in [2.24, 2.45) is 0 Å². The van der Waals surface area contributed by atoms with Gasteiger partial charge in [0.1, 0.15) is 0 Å². The summed E-state index contributed by atoms with van der Waals surface area (Å²) in [6.07, 6.45) is 6.57. The molecule has 2 N–H and O–H groups in total. The molecule has 3 nitrogen and oxygen atoms in total. The van der Waals surface area contributed by atoms with Gasteiger partial charge in [0.05, 0.1) is 11.9 Å². The molecule has 0 spiro atoms. The lowest BCUT2D eigenvalue weighted by atomic mass is 10.3. The topological polar surface area (TPSA) is 48.1 Å². The van der Waals surface area contributed by atoms with Crippen molar-refractivity contribution in [1.82, 2.24) is 4.98 Å². The third kappa shape index (κ3) is 1.89. The Hall–Kier alpha value is -1.69. The average molecular weight is 162 g/mol. The highest BCUT2D eigenvalue weighted by atomic mass is 16.5. The number of aromatic nitrogens is 1. The van der Waals surface area contributed by atoms with Crippen LogP contribution in [0.15, 0.2) is 12.3 Å². The molecule has 1 aromatic rings. The van der Waals surface area contributed by atoms with Gasteiger partial charge in [-0.05, 0) is 13.0 Å². The molecular formula is C9H10N2O. The minimum absolute atomic E-state index is 0.234. The van der Waals surface area contributed by atoms with Gasteiger partial charge in [-0.25, -0.2) is 4.98 Å². The van der Waals surface area contributed by atoms with E-state index in [1.807, 2.05) is 6.92 Å². The lowest BCUT2D eigenvalue weighted by molar-refractivity contribution is 0.353. The summed E-state index contributed by atoms with van der Waals surface area (Å²) in [4.78, 5) is 3.97. The van der Waals surface area contributed by atoms with Crippen molar-refractivity contribution in [3.63, 3.8) is 0 Å². The lowest BCUT2D eigenvalue weighted by Gasteiger charge is -2.04. The molecular weight excluding hydrogens is 152 g/mol. The van der Waals surface area contributed by atoms with Crippen molar-refractivity contribution < 1.29 is 4.74 Å². The summed E-state index contributed by atoms with van der Waals surface area (Å²) < 4.78 is 5.14. The Kier molecular flexibility index (Phi) is 2.54. The van der Waals surface area contributed by atoms with Gasteiger partial charge in [-0.2, -0.15) is 0 Å². The Balaban J connectivity index is 2.81. The highest BCUT2D eigenvalue weighted by molar-refractivity contribution is 5.41. The smallest absolute Gasteiger partial charge is 0.217 e. The molecule has 1 rings (SSSR count). The Bertz CT molecular complexity index is 315. The van der Waals surface area contributed by atoms with Crippen molar-refractivity contribution in [3.05, 3.63) is 17.8 Å². The maximum atomic E-state index is 5.50. The van der Waals surface area contributed by atoms with Crippen molar-refractivity contribution >= 4 is 5.69 Å². The number of nitrogens with zero attached hydrogens (tertiary/aromatic N) is 1. The number of aryl methyl sites for hydroxylation is 1. The lowest BCUT2D eigenvalue weighted by Crippen LogP contribution is -1.99. The molecule has 0 saturated heterocycles. The first-order chi connectivity index (χ1) is 5.74. The van der Waals surface area contributed by atoms with Gasteiger partial charge >= 0.3 is 0 Å². The number of terminal acetylenes is 1. The number of hydrogen-bond donors (Lipinski definition) is 1. The Morgan fingerprint density at radius 3 is 3.08 bits per heavy atom. The van der Waals surface area contributed by atoms with Crippen LogP contribution in [-0.4, -0.2) is 11.6 Å². The maximum absolute atomic E-state index is 5.50. The van der Waals surface area contributed by atoms with Crippen LogP contribution in [-0.2, 0) is 0 Å². The molecule has 12 heavy (non-hydrogen) atoms. The zero-order valence-corrected chi connectivity index (χ0v) is 6.87.